The van der Waals surface area contributed by atoms with E-state index in [1.54, 1.807) is 62.4 Å². The second-order valence-corrected chi connectivity index (χ2v) is 13.0. The van der Waals surface area contributed by atoms with Crippen molar-refractivity contribution in [3.63, 3.8) is 0 Å². The molecule has 11 heteroatoms. The number of amides is 2. The molecule has 3 aromatic rings. The SMILES string of the molecule is CCOc1ccccc1N(CC(=O)N(Cc1ccc(F)cc1)[C@H](CC)C(=O)NCC(C)C)S(=O)(=O)c1ccc(SC)cc1. The lowest BCUT2D eigenvalue weighted by Gasteiger charge is -2.33. The van der Waals surface area contributed by atoms with Gasteiger partial charge in [0.15, 0.2) is 0 Å². The minimum Gasteiger partial charge on any atom is -0.492 e. The monoisotopic (exact) mass is 629 g/mol. The summed E-state index contributed by atoms with van der Waals surface area (Å²) in [5.41, 5.74) is 0.798. The summed E-state index contributed by atoms with van der Waals surface area (Å²) >= 11 is 1.48. The number of hydrogen-bond acceptors (Lipinski definition) is 6. The summed E-state index contributed by atoms with van der Waals surface area (Å²) in [4.78, 5) is 29.8. The van der Waals surface area contributed by atoms with E-state index in [9.17, 15) is 22.4 Å². The van der Waals surface area contributed by atoms with E-state index in [2.05, 4.69) is 5.32 Å². The van der Waals surface area contributed by atoms with Crippen LogP contribution >= 0.6 is 11.8 Å². The van der Waals surface area contributed by atoms with E-state index in [4.69, 9.17) is 4.74 Å². The fraction of sp³-hybridized carbons (Fsp3) is 0.375. The molecule has 1 atom stereocenters. The number of carbonyl (C=O) groups excluding carboxylic acids is 2. The molecule has 0 spiro atoms. The quantitative estimate of drug-likeness (QED) is 0.216. The largest absolute Gasteiger partial charge is 0.492 e. The molecular weight excluding hydrogens is 590 g/mol. The van der Waals surface area contributed by atoms with Crippen LogP contribution in [-0.4, -0.2) is 57.1 Å². The van der Waals surface area contributed by atoms with Crippen molar-refractivity contribution in [3.05, 3.63) is 84.2 Å². The van der Waals surface area contributed by atoms with Crippen molar-refractivity contribution in [2.75, 3.05) is 30.3 Å². The Bertz CT molecular complexity index is 1470. The van der Waals surface area contributed by atoms with Crippen molar-refractivity contribution in [1.29, 1.82) is 0 Å². The van der Waals surface area contributed by atoms with Crippen molar-refractivity contribution in [2.24, 2.45) is 5.92 Å². The molecule has 8 nitrogen and oxygen atoms in total. The molecule has 0 aliphatic carbocycles. The van der Waals surface area contributed by atoms with Crippen LogP contribution in [0.4, 0.5) is 10.1 Å². The van der Waals surface area contributed by atoms with Gasteiger partial charge in [0.05, 0.1) is 17.2 Å². The van der Waals surface area contributed by atoms with Crippen LogP contribution in [-0.2, 0) is 26.2 Å². The van der Waals surface area contributed by atoms with E-state index >= 15 is 0 Å². The molecule has 0 aliphatic heterocycles. The third-order valence-corrected chi connectivity index (χ3v) is 9.21. The van der Waals surface area contributed by atoms with Gasteiger partial charge in [0.25, 0.3) is 10.0 Å². The fourth-order valence-electron chi connectivity index (χ4n) is 4.46. The summed E-state index contributed by atoms with van der Waals surface area (Å²) in [5.74, 6) is -0.875. The van der Waals surface area contributed by atoms with E-state index in [0.717, 1.165) is 9.20 Å². The first-order chi connectivity index (χ1) is 20.5. The number of anilines is 1. The highest BCUT2D eigenvalue weighted by Crippen LogP contribution is 2.33. The Morgan fingerprint density at radius 2 is 1.63 bits per heavy atom. The maximum absolute atomic E-state index is 14.2. The first-order valence-electron chi connectivity index (χ1n) is 14.2. The molecule has 0 saturated heterocycles. The van der Waals surface area contributed by atoms with Gasteiger partial charge in [-0.3, -0.25) is 13.9 Å². The van der Waals surface area contributed by atoms with Crippen molar-refractivity contribution in [2.45, 2.75) is 56.5 Å². The van der Waals surface area contributed by atoms with Gasteiger partial charge in [-0.05, 0) is 79.6 Å². The number of ether oxygens (including phenoxy) is 1. The minimum atomic E-state index is -4.25. The summed E-state index contributed by atoms with van der Waals surface area (Å²) < 4.78 is 48.8. The van der Waals surface area contributed by atoms with Crippen LogP contribution < -0.4 is 14.4 Å². The van der Waals surface area contributed by atoms with Gasteiger partial charge in [-0.25, -0.2) is 12.8 Å². The Balaban J connectivity index is 2.09. The average molecular weight is 630 g/mol. The van der Waals surface area contributed by atoms with E-state index in [1.807, 2.05) is 20.1 Å². The Hall–Kier alpha value is -3.57. The summed E-state index contributed by atoms with van der Waals surface area (Å²) in [6, 6.07) is 17.8. The van der Waals surface area contributed by atoms with Crippen LogP contribution in [0.2, 0.25) is 0 Å². The predicted octanol–water partition coefficient (Wildman–Crippen LogP) is 5.72. The molecular formula is C32H40FN3O5S2. The lowest BCUT2D eigenvalue weighted by Crippen LogP contribution is -2.52. The molecule has 0 radical (unpaired) electrons. The number of para-hydroxylation sites is 2. The van der Waals surface area contributed by atoms with Gasteiger partial charge < -0.3 is 15.0 Å². The molecule has 3 rings (SSSR count). The van der Waals surface area contributed by atoms with E-state index in [0.29, 0.717) is 17.9 Å². The molecule has 232 valence electrons. The van der Waals surface area contributed by atoms with Crippen LogP contribution in [0.5, 0.6) is 5.75 Å². The molecule has 3 aromatic carbocycles. The van der Waals surface area contributed by atoms with E-state index in [1.165, 1.54) is 40.9 Å². The lowest BCUT2D eigenvalue weighted by molar-refractivity contribution is -0.140. The van der Waals surface area contributed by atoms with Crippen LogP contribution in [0.15, 0.2) is 82.6 Å². The third kappa shape index (κ3) is 8.96. The molecule has 0 aromatic heterocycles. The zero-order valence-electron chi connectivity index (χ0n) is 25.2. The summed E-state index contributed by atoms with van der Waals surface area (Å²) in [6.07, 6.45) is 2.18. The minimum absolute atomic E-state index is 0.0104. The zero-order chi connectivity index (χ0) is 31.6. The predicted molar refractivity (Wildman–Crippen MR) is 169 cm³/mol. The number of rotatable bonds is 15. The number of sulfonamides is 1. The Morgan fingerprint density at radius 3 is 2.21 bits per heavy atom. The van der Waals surface area contributed by atoms with Gasteiger partial charge in [-0.1, -0.05) is 45.0 Å². The lowest BCUT2D eigenvalue weighted by atomic mass is 10.1. The highest BCUT2D eigenvalue weighted by molar-refractivity contribution is 7.98. The average Bonchev–Trinajstić information content (AvgIpc) is 3.00. The fourth-order valence-corrected chi connectivity index (χ4v) is 6.29. The van der Waals surface area contributed by atoms with Crippen molar-refractivity contribution >= 4 is 39.3 Å². The van der Waals surface area contributed by atoms with Gasteiger partial charge in [-0.2, -0.15) is 0 Å². The Kier molecular flexibility index (Phi) is 12.4. The smallest absolute Gasteiger partial charge is 0.264 e. The normalized spacial score (nSPS) is 12.1. The highest BCUT2D eigenvalue weighted by Gasteiger charge is 2.34. The standard InChI is InChI=1S/C32H40FN3O5S2/c1-6-28(32(38)34-20-23(3)4)35(21-24-12-14-25(33)15-13-24)31(37)22-36(29-10-8-9-11-30(29)41-7-2)43(39,40)27-18-16-26(42-5)17-19-27/h8-19,23,28H,6-7,20-22H2,1-5H3,(H,34,38)/t28-/m1/s1. The van der Waals surface area contributed by atoms with Crippen LogP contribution in [0.3, 0.4) is 0 Å². The van der Waals surface area contributed by atoms with Crippen molar-refractivity contribution in [1.82, 2.24) is 10.2 Å². The summed E-state index contributed by atoms with van der Waals surface area (Å²) in [6.45, 7) is 7.60. The van der Waals surface area contributed by atoms with Crippen LogP contribution in [0, 0.1) is 11.7 Å². The Labute approximate surface area is 258 Å². The number of thioether (sulfide) groups is 1. The molecule has 0 unspecified atom stereocenters. The van der Waals surface area contributed by atoms with Gasteiger partial charge in [0.1, 0.15) is 24.2 Å². The zero-order valence-corrected chi connectivity index (χ0v) is 26.9. The number of nitrogens with one attached hydrogen (secondary N) is 1. The first kappa shape index (κ1) is 33.9. The number of benzene rings is 3. The number of hydrogen-bond donors (Lipinski definition) is 1. The maximum Gasteiger partial charge on any atom is 0.264 e. The third-order valence-electron chi connectivity index (χ3n) is 6.70. The molecule has 0 heterocycles. The van der Waals surface area contributed by atoms with Gasteiger partial charge >= 0.3 is 0 Å². The van der Waals surface area contributed by atoms with E-state index in [-0.39, 0.29) is 42.0 Å². The second kappa shape index (κ2) is 15.8. The maximum atomic E-state index is 14.2. The van der Waals surface area contributed by atoms with Crippen LogP contribution in [0.1, 0.15) is 39.7 Å². The van der Waals surface area contributed by atoms with Crippen molar-refractivity contribution in [3.8, 4) is 5.75 Å². The summed E-state index contributed by atoms with van der Waals surface area (Å²) in [7, 11) is -4.25. The first-order valence-corrected chi connectivity index (χ1v) is 16.9. The topological polar surface area (TPSA) is 96.0 Å². The number of halogens is 1. The van der Waals surface area contributed by atoms with Crippen LogP contribution in [0.25, 0.3) is 0 Å². The van der Waals surface area contributed by atoms with Gasteiger partial charge in [0, 0.05) is 18.0 Å². The van der Waals surface area contributed by atoms with Gasteiger partial charge in [-0.15, -0.1) is 11.8 Å². The molecule has 0 saturated carbocycles. The molecule has 1 N–H and O–H groups in total. The molecule has 0 bridgehead atoms. The van der Waals surface area contributed by atoms with E-state index < -0.39 is 34.3 Å². The molecule has 0 aliphatic rings. The van der Waals surface area contributed by atoms with Crippen molar-refractivity contribution < 1.29 is 27.1 Å². The number of carbonyl (C=O) groups is 2. The molecule has 2 amide bonds. The summed E-state index contributed by atoms with van der Waals surface area (Å²) in [5, 5.41) is 2.89. The molecule has 43 heavy (non-hydrogen) atoms. The molecule has 0 fully saturated rings. The Morgan fingerprint density at radius 1 is 0.977 bits per heavy atom. The number of nitrogens with zero attached hydrogens (tertiary/aromatic N) is 2. The van der Waals surface area contributed by atoms with Gasteiger partial charge in [0.2, 0.25) is 11.8 Å². The second-order valence-electron chi connectivity index (χ2n) is 10.3. The highest BCUT2D eigenvalue weighted by atomic mass is 32.2.